The fourth-order valence-electron chi connectivity index (χ4n) is 3.74. The molecule has 1 aliphatic rings. The summed E-state index contributed by atoms with van der Waals surface area (Å²) in [5.74, 6) is 2.05. The maximum absolute atomic E-state index is 6.14. The highest BCUT2D eigenvalue weighted by molar-refractivity contribution is 5.79. The van der Waals surface area contributed by atoms with E-state index in [1.54, 1.807) is 13.1 Å². The standard InChI is InChI=1S/C25H33N3O2/c1-4-15-29-23-10-6-5-8-21(23)17-27-25(26-3)28-18-22-9-7-16-30-24(22)20-13-11-19(2)12-14-20/h4-6,8,10-14,22,24H,1,7,9,15-18H2,2-3H3,(H2,26,27,28). The van der Waals surface area contributed by atoms with Gasteiger partial charge in [-0.3, -0.25) is 4.99 Å². The first-order valence-electron chi connectivity index (χ1n) is 10.7. The zero-order chi connectivity index (χ0) is 21.2. The number of nitrogens with zero attached hydrogens (tertiary/aromatic N) is 1. The van der Waals surface area contributed by atoms with E-state index in [1.165, 1.54) is 11.1 Å². The van der Waals surface area contributed by atoms with Crippen LogP contribution in [-0.2, 0) is 11.3 Å². The van der Waals surface area contributed by atoms with Gasteiger partial charge in [-0.15, -0.1) is 0 Å². The van der Waals surface area contributed by atoms with Crippen molar-refractivity contribution in [3.05, 3.63) is 77.9 Å². The minimum Gasteiger partial charge on any atom is -0.489 e. The highest BCUT2D eigenvalue weighted by Gasteiger charge is 2.27. The molecule has 0 aromatic heterocycles. The van der Waals surface area contributed by atoms with Crippen LogP contribution in [0.4, 0.5) is 0 Å². The van der Waals surface area contributed by atoms with Crippen LogP contribution >= 0.6 is 0 Å². The van der Waals surface area contributed by atoms with E-state index in [2.05, 4.69) is 59.5 Å². The molecule has 5 nitrogen and oxygen atoms in total. The molecule has 3 rings (SSSR count). The van der Waals surface area contributed by atoms with Crippen LogP contribution in [0, 0.1) is 12.8 Å². The van der Waals surface area contributed by atoms with Crippen LogP contribution in [0.3, 0.4) is 0 Å². The molecular formula is C25H33N3O2. The topological polar surface area (TPSA) is 54.9 Å². The molecule has 0 amide bonds. The number of guanidine groups is 1. The van der Waals surface area contributed by atoms with Gasteiger partial charge in [0.2, 0.25) is 0 Å². The fourth-order valence-corrected chi connectivity index (χ4v) is 3.74. The second-order valence-electron chi connectivity index (χ2n) is 7.62. The molecule has 1 heterocycles. The number of hydrogen-bond acceptors (Lipinski definition) is 3. The van der Waals surface area contributed by atoms with E-state index < -0.39 is 0 Å². The van der Waals surface area contributed by atoms with E-state index >= 15 is 0 Å². The number of para-hydroxylation sites is 1. The van der Waals surface area contributed by atoms with Gasteiger partial charge >= 0.3 is 0 Å². The smallest absolute Gasteiger partial charge is 0.191 e. The minimum absolute atomic E-state index is 0.123. The Balaban J connectivity index is 1.57. The number of nitrogens with one attached hydrogen (secondary N) is 2. The van der Waals surface area contributed by atoms with Crippen LogP contribution in [0.25, 0.3) is 0 Å². The summed E-state index contributed by atoms with van der Waals surface area (Å²) in [6.45, 7) is 8.59. The van der Waals surface area contributed by atoms with Crippen molar-refractivity contribution >= 4 is 5.96 Å². The van der Waals surface area contributed by atoms with E-state index in [-0.39, 0.29) is 6.10 Å². The van der Waals surface area contributed by atoms with Gasteiger partial charge in [0, 0.05) is 38.2 Å². The average molecular weight is 408 g/mol. The van der Waals surface area contributed by atoms with Gasteiger partial charge in [-0.1, -0.05) is 60.7 Å². The molecule has 0 bridgehead atoms. The van der Waals surface area contributed by atoms with Crippen molar-refractivity contribution in [1.29, 1.82) is 0 Å². The molecular weight excluding hydrogens is 374 g/mol. The van der Waals surface area contributed by atoms with E-state index in [9.17, 15) is 0 Å². The van der Waals surface area contributed by atoms with Gasteiger partial charge in [0.1, 0.15) is 12.4 Å². The molecule has 0 radical (unpaired) electrons. The average Bonchev–Trinajstić information content (AvgIpc) is 2.79. The number of aryl methyl sites for hydroxylation is 1. The normalized spacial score (nSPS) is 19.2. The lowest BCUT2D eigenvalue weighted by Crippen LogP contribution is -2.41. The van der Waals surface area contributed by atoms with Crippen molar-refractivity contribution in [3.63, 3.8) is 0 Å². The second-order valence-corrected chi connectivity index (χ2v) is 7.62. The summed E-state index contributed by atoms with van der Waals surface area (Å²) in [5.41, 5.74) is 3.61. The summed E-state index contributed by atoms with van der Waals surface area (Å²) < 4.78 is 11.9. The highest BCUT2D eigenvalue weighted by Crippen LogP contribution is 2.33. The number of rotatable bonds is 8. The predicted molar refractivity (Wildman–Crippen MR) is 123 cm³/mol. The maximum Gasteiger partial charge on any atom is 0.191 e. The Kier molecular flexibility index (Phi) is 8.33. The third-order valence-electron chi connectivity index (χ3n) is 5.38. The molecule has 2 aromatic carbocycles. The lowest BCUT2D eigenvalue weighted by Gasteiger charge is -2.32. The van der Waals surface area contributed by atoms with Crippen molar-refractivity contribution in [1.82, 2.24) is 10.6 Å². The third kappa shape index (κ3) is 6.10. The zero-order valence-corrected chi connectivity index (χ0v) is 18.1. The van der Waals surface area contributed by atoms with Gasteiger partial charge in [-0.2, -0.15) is 0 Å². The van der Waals surface area contributed by atoms with Crippen molar-refractivity contribution in [3.8, 4) is 5.75 Å². The molecule has 160 valence electrons. The van der Waals surface area contributed by atoms with Gasteiger partial charge in [0.15, 0.2) is 5.96 Å². The van der Waals surface area contributed by atoms with Gasteiger partial charge in [-0.05, 0) is 31.4 Å². The molecule has 2 aromatic rings. The second kappa shape index (κ2) is 11.4. The number of ether oxygens (including phenoxy) is 2. The van der Waals surface area contributed by atoms with E-state index in [4.69, 9.17) is 9.47 Å². The summed E-state index contributed by atoms with van der Waals surface area (Å²) in [6, 6.07) is 16.7. The molecule has 1 fully saturated rings. The Bertz CT molecular complexity index is 833. The van der Waals surface area contributed by atoms with Crippen LogP contribution in [-0.4, -0.2) is 32.8 Å². The van der Waals surface area contributed by atoms with E-state index in [1.807, 2.05) is 18.2 Å². The first kappa shape index (κ1) is 21.9. The van der Waals surface area contributed by atoms with Crippen LogP contribution in [0.15, 0.2) is 66.2 Å². The van der Waals surface area contributed by atoms with E-state index in [0.29, 0.717) is 19.1 Å². The number of benzene rings is 2. The summed E-state index contributed by atoms with van der Waals surface area (Å²) >= 11 is 0. The Labute approximate surface area is 180 Å². The predicted octanol–water partition coefficient (Wildman–Crippen LogP) is 4.39. The number of hydrogen-bond donors (Lipinski definition) is 2. The van der Waals surface area contributed by atoms with Crippen LogP contribution < -0.4 is 15.4 Å². The molecule has 5 heteroatoms. The Morgan fingerprint density at radius 1 is 1.20 bits per heavy atom. The molecule has 2 unspecified atom stereocenters. The van der Waals surface area contributed by atoms with Crippen molar-refractivity contribution in [2.24, 2.45) is 10.9 Å². The third-order valence-corrected chi connectivity index (χ3v) is 5.38. The van der Waals surface area contributed by atoms with Gasteiger partial charge in [-0.25, -0.2) is 0 Å². The summed E-state index contributed by atoms with van der Waals surface area (Å²) in [6.07, 6.45) is 4.11. The van der Waals surface area contributed by atoms with Gasteiger partial charge < -0.3 is 20.1 Å². The Hall–Kier alpha value is -2.79. The largest absolute Gasteiger partial charge is 0.489 e. The van der Waals surface area contributed by atoms with Gasteiger partial charge in [0.25, 0.3) is 0 Å². The molecule has 30 heavy (non-hydrogen) atoms. The van der Waals surface area contributed by atoms with E-state index in [0.717, 1.165) is 43.3 Å². The lowest BCUT2D eigenvalue weighted by atomic mass is 9.89. The van der Waals surface area contributed by atoms with Crippen LogP contribution in [0.5, 0.6) is 5.75 Å². The molecule has 1 aliphatic heterocycles. The SMILES string of the molecule is C=CCOc1ccccc1CNC(=NC)NCC1CCCOC1c1ccc(C)cc1. The van der Waals surface area contributed by atoms with Crippen molar-refractivity contribution < 1.29 is 9.47 Å². The van der Waals surface area contributed by atoms with Gasteiger partial charge in [0.05, 0.1) is 6.10 Å². The summed E-state index contributed by atoms with van der Waals surface area (Å²) in [4.78, 5) is 4.39. The highest BCUT2D eigenvalue weighted by atomic mass is 16.5. The summed E-state index contributed by atoms with van der Waals surface area (Å²) in [7, 11) is 1.80. The molecule has 2 atom stereocenters. The van der Waals surface area contributed by atoms with Crippen LogP contribution in [0.1, 0.15) is 35.6 Å². The Morgan fingerprint density at radius 2 is 2.00 bits per heavy atom. The first-order valence-corrected chi connectivity index (χ1v) is 10.7. The minimum atomic E-state index is 0.123. The monoisotopic (exact) mass is 407 g/mol. The molecule has 0 spiro atoms. The Morgan fingerprint density at radius 3 is 2.77 bits per heavy atom. The maximum atomic E-state index is 6.14. The first-order chi connectivity index (χ1) is 14.7. The van der Waals surface area contributed by atoms with Crippen molar-refractivity contribution in [2.45, 2.75) is 32.4 Å². The molecule has 2 N–H and O–H groups in total. The van der Waals surface area contributed by atoms with Crippen LogP contribution in [0.2, 0.25) is 0 Å². The number of aliphatic imine (C=N–C) groups is 1. The molecule has 0 aliphatic carbocycles. The van der Waals surface area contributed by atoms with Crippen molar-refractivity contribution in [2.75, 3.05) is 26.8 Å². The summed E-state index contributed by atoms with van der Waals surface area (Å²) in [5, 5.41) is 6.88. The fraction of sp³-hybridized carbons (Fsp3) is 0.400. The zero-order valence-electron chi connectivity index (χ0n) is 18.1. The quantitative estimate of drug-likeness (QED) is 0.387. The molecule has 1 saturated heterocycles. The lowest BCUT2D eigenvalue weighted by molar-refractivity contribution is -0.0265. The molecule has 0 saturated carbocycles.